The molecular weight excluding hydrogens is 222 g/mol. The van der Waals surface area contributed by atoms with Gasteiger partial charge < -0.3 is 10.4 Å². The van der Waals surface area contributed by atoms with Gasteiger partial charge >= 0.3 is 0 Å². The maximum Gasteiger partial charge on any atom is 0.115 e. The molecule has 0 spiro atoms. The number of benzene rings is 2. The van der Waals surface area contributed by atoms with Gasteiger partial charge in [-0.05, 0) is 61.7 Å². The first-order valence-corrected chi connectivity index (χ1v) is 6.19. The molecule has 0 bridgehead atoms. The molecule has 0 aliphatic rings. The van der Waals surface area contributed by atoms with Crippen LogP contribution in [0.25, 0.3) is 0 Å². The summed E-state index contributed by atoms with van der Waals surface area (Å²) in [6.45, 7) is 6.39. The Kier molecular flexibility index (Phi) is 3.56. The van der Waals surface area contributed by atoms with E-state index in [0.717, 1.165) is 5.69 Å². The Bertz CT molecular complexity index is 531. The van der Waals surface area contributed by atoms with E-state index in [9.17, 15) is 5.11 Å². The molecule has 1 atom stereocenters. The van der Waals surface area contributed by atoms with E-state index < -0.39 is 0 Å². The van der Waals surface area contributed by atoms with Gasteiger partial charge in [0.05, 0.1) is 0 Å². The molecule has 2 rings (SSSR count). The number of hydrogen-bond donors (Lipinski definition) is 2. The highest BCUT2D eigenvalue weighted by Gasteiger charge is 2.06. The lowest BCUT2D eigenvalue weighted by molar-refractivity contribution is 0.475. The molecule has 0 fully saturated rings. The summed E-state index contributed by atoms with van der Waals surface area (Å²) < 4.78 is 0. The zero-order chi connectivity index (χ0) is 13.1. The first-order chi connectivity index (χ1) is 8.56. The third-order valence-electron chi connectivity index (χ3n) is 3.28. The Morgan fingerprint density at radius 2 is 1.61 bits per heavy atom. The van der Waals surface area contributed by atoms with Gasteiger partial charge in [0.2, 0.25) is 0 Å². The van der Waals surface area contributed by atoms with Crippen molar-refractivity contribution in [1.29, 1.82) is 0 Å². The smallest absolute Gasteiger partial charge is 0.115 e. The van der Waals surface area contributed by atoms with E-state index in [0.29, 0.717) is 5.75 Å². The number of hydrogen-bond acceptors (Lipinski definition) is 2. The summed E-state index contributed by atoms with van der Waals surface area (Å²) in [5, 5.41) is 12.7. The summed E-state index contributed by atoms with van der Waals surface area (Å²) in [6.07, 6.45) is 0. The molecule has 0 saturated carbocycles. The quantitative estimate of drug-likeness (QED) is 0.790. The minimum Gasteiger partial charge on any atom is -0.508 e. The van der Waals surface area contributed by atoms with Gasteiger partial charge in [-0.15, -0.1) is 0 Å². The van der Waals surface area contributed by atoms with Crippen molar-refractivity contribution in [2.45, 2.75) is 26.8 Å². The summed E-state index contributed by atoms with van der Waals surface area (Å²) in [4.78, 5) is 0. The van der Waals surface area contributed by atoms with Crippen molar-refractivity contribution in [2.75, 3.05) is 5.32 Å². The van der Waals surface area contributed by atoms with E-state index in [4.69, 9.17) is 0 Å². The summed E-state index contributed by atoms with van der Waals surface area (Å²) in [6, 6.07) is 13.9. The fourth-order valence-electron chi connectivity index (χ4n) is 1.92. The van der Waals surface area contributed by atoms with Crippen molar-refractivity contribution in [3.05, 3.63) is 59.2 Å². The predicted octanol–water partition coefficient (Wildman–Crippen LogP) is 4.18. The van der Waals surface area contributed by atoms with Gasteiger partial charge in [-0.3, -0.25) is 0 Å². The highest BCUT2D eigenvalue weighted by Crippen LogP contribution is 2.22. The van der Waals surface area contributed by atoms with Crippen LogP contribution in [0.15, 0.2) is 42.5 Å². The number of phenolic OH excluding ortho intramolecular Hbond substituents is 1. The maximum absolute atomic E-state index is 9.25. The van der Waals surface area contributed by atoms with E-state index in [1.807, 2.05) is 12.1 Å². The molecule has 2 heteroatoms. The molecular formula is C16H19NO. The van der Waals surface area contributed by atoms with E-state index >= 15 is 0 Å². The third kappa shape index (κ3) is 2.83. The number of anilines is 1. The Morgan fingerprint density at radius 3 is 2.22 bits per heavy atom. The van der Waals surface area contributed by atoms with Crippen molar-refractivity contribution in [1.82, 2.24) is 0 Å². The second-order valence-electron chi connectivity index (χ2n) is 4.76. The van der Waals surface area contributed by atoms with Crippen molar-refractivity contribution >= 4 is 5.69 Å². The van der Waals surface area contributed by atoms with Gasteiger partial charge in [0.25, 0.3) is 0 Å². The van der Waals surface area contributed by atoms with E-state index in [1.165, 1.54) is 16.7 Å². The first kappa shape index (κ1) is 12.5. The molecule has 2 aromatic carbocycles. The maximum atomic E-state index is 9.25. The number of rotatable bonds is 3. The van der Waals surface area contributed by atoms with Crippen molar-refractivity contribution < 1.29 is 5.11 Å². The highest BCUT2D eigenvalue weighted by atomic mass is 16.3. The number of aryl methyl sites for hydroxylation is 2. The van der Waals surface area contributed by atoms with Crippen LogP contribution in [0.2, 0.25) is 0 Å². The van der Waals surface area contributed by atoms with Gasteiger partial charge in [-0.2, -0.15) is 0 Å². The zero-order valence-corrected chi connectivity index (χ0v) is 11.1. The molecule has 0 saturated heterocycles. The fourth-order valence-corrected chi connectivity index (χ4v) is 1.92. The third-order valence-corrected chi connectivity index (χ3v) is 3.28. The predicted molar refractivity (Wildman–Crippen MR) is 76.1 cm³/mol. The molecule has 0 amide bonds. The molecule has 0 aromatic heterocycles. The molecule has 2 nitrogen and oxygen atoms in total. The van der Waals surface area contributed by atoms with Gasteiger partial charge in [0.15, 0.2) is 0 Å². The highest BCUT2D eigenvalue weighted by molar-refractivity contribution is 5.48. The summed E-state index contributed by atoms with van der Waals surface area (Å²) in [5.74, 6) is 0.291. The van der Waals surface area contributed by atoms with E-state index in [1.54, 1.807) is 12.1 Å². The van der Waals surface area contributed by atoms with E-state index in [-0.39, 0.29) is 6.04 Å². The van der Waals surface area contributed by atoms with Gasteiger partial charge in [-0.1, -0.05) is 18.2 Å². The SMILES string of the molecule is Cc1ccc(C(C)Nc2ccc(O)cc2)cc1C. The molecule has 0 aliphatic carbocycles. The lowest BCUT2D eigenvalue weighted by Crippen LogP contribution is -2.06. The largest absolute Gasteiger partial charge is 0.508 e. The molecule has 0 aliphatic heterocycles. The van der Waals surface area contributed by atoms with Crippen LogP contribution >= 0.6 is 0 Å². The Balaban J connectivity index is 2.13. The number of phenols is 1. The molecule has 18 heavy (non-hydrogen) atoms. The minimum absolute atomic E-state index is 0.244. The summed E-state index contributed by atoms with van der Waals surface area (Å²) >= 11 is 0. The molecule has 1 unspecified atom stereocenters. The van der Waals surface area contributed by atoms with Crippen molar-refractivity contribution in [3.8, 4) is 5.75 Å². The van der Waals surface area contributed by atoms with Crippen LogP contribution in [0.5, 0.6) is 5.75 Å². The second kappa shape index (κ2) is 5.13. The molecule has 94 valence electrons. The second-order valence-corrected chi connectivity index (χ2v) is 4.76. The minimum atomic E-state index is 0.244. The number of nitrogens with one attached hydrogen (secondary N) is 1. The van der Waals surface area contributed by atoms with E-state index in [2.05, 4.69) is 44.3 Å². The van der Waals surface area contributed by atoms with Crippen LogP contribution in [0.3, 0.4) is 0 Å². The van der Waals surface area contributed by atoms with Crippen LogP contribution in [0, 0.1) is 13.8 Å². The van der Waals surface area contributed by atoms with Crippen molar-refractivity contribution in [3.63, 3.8) is 0 Å². The standard InChI is InChI=1S/C16H19NO/c1-11-4-5-14(10-12(11)2)13(3)17-15-6-8-16(18)9-7-15/h4-10,13,17-18H,1-3H3. The first-order valence-electron chi connectivity index (χ1n) is 6.19. The zero-order valence-electron chi connectivity index (χ0n) is 11.1. The fraction of sp³-hybridized carbons (Fsp3) is 0.250. The van der Waals surface area contributed by atoms with Crippen LogP contribution in [0.1, 0.15) is 29.7 Å². The average molecular weight is 241 g/mol. The molecule has 0 heterocycles. The molecule has 0 radical (unpaired) electrons. The Labute approximate surface area is 108 Å². The van der Waals surface area contributed by atoms with Gasteiger partial charge in [-0.25, -0.2) is 0 Å². The van der Waals surface area contributed by atoms with Crippen LogP contribution in [-0.2, 0) is 0 Å². The Morgan fingerprint density at radius 1 is 0.944 bits per heavy atom. The monoisotopic (exact) mass is 241 g/mol. The Hall–Kier alpha value is -1.96. The normalized spacial score (nSPS) is 12.2. The van der Waals surface area contributed by atoms with Gasteiger partial charge in [0, 0.05) is 11.7 Å². The van der Waals surface area contributed by atoms with Gasteiger partial charge in [0.1, 0.15) is 5.75 Å². The lowest BCUT2D eigenvalue weighted by Gasteiger charge is -2.17. The van der Waals surface area contributed by atoms with Crippen molar-refractivity contribution in [2.24, 2.45) is 0 Å². The summed E-state index contributed by atoms with van der Waals surface area (Å²) in [7, 11) is 0. The topological polar surface area (TPSA) is 32.3 Å². The van der Waals surface area contributed by atoms with Crippen LogP contribution in [0.4, 0.5) is 5.69 Å². The summed E-state index contributed by atoms with van der Waals surface area (Å²) in [5.41, 5.74) is 4.91. The average Bonchev–Trinajstić information content (AvgIpc) is 2.35. The van der Waals surface area contributed by atoms with Crippen LogP contribution < -0.4 is 5.32 Å². The van der Waals surface area contributed by atoms with Crippen LogP contribution in [-0.4, -0.2) is 5.11 Å². The lowest BCUT2D eigenvalue weighted by atomic mass is 10.0. The molecule has 2 aromatic rings. The number of aromatic hydroxyl groups is 1. The molecule has 2 N–H and O–H groups in total.